The highest BCUT2D eigenvalue weighted by Crippen LogP contribution is 2.35. The lowest BCUT2D eigenvalue weighted by Gasteiger charge is -2.43. The Morgan fingerprint density at radius 2 is 1.65 bits per heavy atom. The number of piperidine rings is 1. The Morgan fingerprint density at radius 3 is 2.54 bits per heavy atom. The molecule has 3 nitrogen and oxygen atoms in total. The van der Waals surface area contributed by atoms with Crippen molar-refractivity contribution in [1.82, 2.24) is 4.90 Å². The zero-order chi connectivity index (χ0) is 17.8. The molecule has 1 N–H and O–H groups in total. The molecule has 1 aliphatic heterocycles. The van der Waals surface area contributed by atoms with Gasteiger partial charge in [-0.05, 0) is 49.8 Å². The molecule has 1 aliphatic carbocycles. The van der Waals surface area contributed by atoms with Crippen molar-refractivity contribution in [3.8, 4) is 11.1 Å². The smallest absolute Gasteiger partial charge is 0.238 e. The number of nitrogens with zero attached hydrogens (tertiary/aromatic N) is 1. The summed E-state index contributed by atoms with van der Waals surface area (Å²) in [4.78, 5) is 15.2. The number of benzene rings is 2. The molecule has 0 unspecified atom stereocenters. The van der Waals surface area contributed by atoms with Gasteiger partial charge in [-0.3, -0.25) is 9.69 Å². The molecule has 2 atom stereocenters. The standard InChI is InChI=1S/C23H28N2O/c26-23(17-25-16-8-12-19-11-4-7-15-22(19)25)24-21-14-6-5-13-20(21)18-9-2-1-3-10-18/h1-3,5-6,9-10,13-14,19,22H,4,7-8,11-12,15-17H2,(H,24,26)/t19-,22-/m0/s1. The predicted molar refractivity (Wildman–Crippen MR) is 107 cm³/mol. The van der Waals surface area contributed by atoms with Crippen LogP contribution in [-0.4, -0.2) is 29.9 Å². The van der Waals surface area contributed by atoms with Crippen LogP contribution >= 0.6 is 0 Å². The van der Waals surface area contributed by atoms with Crippen molar-refractivity contribution in [2.24, 2.45) is 5.92 Å². The Balaban J connectivity index is 1.45. The van der Waals surface area contributed by atoms with Crippen molar-refractivity contribution in [2.75, 3.05) is 18.4 Å². The zero-order valence-electron chi connectivity index (χ0n) is 15.4. The number of nitrogens with one attached hydrogen (secondary N) is 1. The highest BCUT2D eigenvalue weighted by molar-refractivity contribution is 5.96. The minimum Gasteiger partial charge on any atom is -0.324 e. The van der Waals surface area contributed by atoms with Gasteiger partial charge in [-0.25, -0.2) is 0 Å². The van der Waals surface area contributed by atoms with Gasteiger partial charge in [0.15, 0.2) is 0 Å². The molecule has 136 valence electrons. The molecule has 1 saturated heterocycles. The fourth-order valence-electron chi connectivity index (χ4n) is 4.76. The summed E-state index contributed by atoms with van der Waals surface area (Å²) >= 11 is 0. The van der Waals surface area contributed by atoms with E-state index < -0.39 is 0 Å². The van der Waals surface area contributed by atoms with Crippen LogP contribution in [0.4, 0.5) is 5.69 Å². The van der Waals surface area contributed by atoms with Crippen LogP contribution in [-0.2, 0) is 4.79 Å². The summed E-state index contributed by atoms with van der Waals surface area (Å²) in [5.41, 5.74) is 3.12. The monoisotopic (exact) mass is 348 g/mol. The fraction of sp³-hybridized carbons (Fsp3) is 0.435. The Bertz CT molecular complexity index is 741. The first-order valence-corrected chi connectivity index (χ1v) is 9.99. The minimum absolute atomic E-state index is 0.111. The molecule has 1 heterocycles. The molecule has 4 rings (SSSR count). The molecule has 1 amide bonds. The second-order valence-corrected chi connectivity index (χ2v) is 7.68. The summed E-state index contributed by atoms with van der Waals surface area (Å²) in [5, 5.41) is 3.17. The number of carbonyl (C=O) groups is 1. The van der Waals surface area contributed by atoms with Gasteiger partial charge in [0.2, 0.25) is 5.91 Å². The van der Waals surface area contributed by atoms with E-state index in [4.69, 9.17) is 0 Å². The Labute approximate surface area is 156 Å². The van der Waals surface area contributed by atoms with Gasteiger partial charge in [-0.2, -0.15) is 0 Å². The van der Waals surface area contributed by atoms with E-state index in [1.807, 2.05) is 36.4 Å². The second-order valence-electron chi connectivity index (χ2n) is 7.68. The molecule has 1 saturated carbocycles. The average molecular weight is 348 g/mol. The third kappa shape index (κ3) is 3.83. The third-order valence-corrected chi connectivity index (χ3v) is 5.99. The van der Waals surface area contributed by atoms with Gasteiger partial charge in [0.1, 0.15) is 0 Å². The van der Waals surface area contributed by atoms with Gasteiger partial charge in [-0.15, -0.1) is 0 Å². The van der Waals surface area contributed by atoms with Crippen LogP contribution in [0, 0.1) is 5.92 Å². The van der Waals surface area contributed by atoms with E-state index in [2.05, 4.69) is 28.4 Å². The van der Waals surface area contributed by atoms with Crippen LogP contribution in [0.3, 0.4) is 0 Å². The van der Waals surface area contributed by atoms with Gasteiger partial charge in [0.25, 0.3) is 0 Å². The lowest BCUT2D eigenvalue weighted by Crippen LogP contribution is -2.49. The van der Waals surface area contributed by atoms with E-state index in [0.717, 1.165) is 29.3 Å². The fourth-order valence-corrected chi connectivity index (χ4v) is 4.76. The maximum atomic E-state index is 12.8. The van der Waals surface area contributed by atoms with Gasteiger partial charge >= 0.3 is 0 Å². The van der Waals surface area contributed by atoms with Crippen LogP contribution in [0.2, 0.25) is 0 Å². The van der Waals surface area contributed by atoms with Crippen molar-refractivity contribution in [1.29, 1.82) is 0 Å². The number of amides is 1. The first-order valence-electron chi connectivity index (χ1n) is 9.99. The van der Waals surface area contributed by atoms with Crippen LogP contribution in [0.25, 0.3) is 11.1 Å². The third-order valence-electron chi connectivity index (χ3n) is 5.99. The summed E-state index contributed by atoms with van der Waals surface area (Å²) in [6.45, 7) is 1.58. The number of hydrogen-bond donors (Lipinski definition) is 1. The number of likely N-dealkylation sites (tertiary alicyclic amines) is 1. The van der Waals surface area contributed by atoms with E-state index in [1.165, 1.54) is 38.5 Å². The molecule has 2 aromatic rings. The summed E-state index contributed by atoms with van der Waals surface area (Å²) in [7, 11) is 0. The minimum atomic E-state index is 0.111. The van der Waals surface area contributed by atoms with Crippen LogP contribution < -0.4 is 5.32 Å². The predicted octanol–water partition coefficient (Wildman–Crippen LogP) is 4.95. The van der Waals surface area contributed by atoms with Gasteiger partial charge < -0.3 is 5.32 Å². The van der Waals surface area contributed by atoms with E-state index in [-0.39, 0.29) is 5.91 Å². The summed E-state index contributed by atoms with van der Waals surface area (Å²) in [5.74, 6) is 0.918. The number of carbonyl (C=O) groups excluding carboxylic acids is 1. The van der Waals surface area contributed by atoms with Crippen molar-refractivity contribution in [3.63, 3.8) is 0 Å². The number of anilines is 1. The maximum absolute atomic E-state index is 12.8. The molecular formula is C23H28N2O. The molecule has 26 heavy (non-hydrogen) atoms. The van der Waals surface area contributed by atoms with Gasteiger partial charge in [-0.1, -0.05) is 61.4 Å². The molecule has 0 bridgehead atoms. The number of fused-ring (bicyclic) bond motifs is 1. The van der Waals surface area contributed by atoms with E-state index in [1.54, 1.807) is 0 Å². The molecular weight excluding hydrogens is 320 g/mol. The zero-order valence-corrected chi connectivity index (χ0v) is 15.4. The van der Waals surface area contributed by atoms with Crippen LogP contribution in [0.5, 0.6) is 0 Å². The lowest BCUT2D eigenvalue weighted by molar-refractivity contribution is -0.118. The Kier molecular flexibility index (Phi) is 5.35. The molecule has 2 fully saturated rings. The van der Waals surface area contributed by atoms with Crippen LogP contribution in [0.1, 0.15) is 38.5 Å². The Morgan fingerprint density at radius 1 is 0.923 bits per heavy atom. The number of para-hydroxylation sites is 1. The molecule has 0 spiro atoms. The van der Waals surface area contributed by atoms with Crippen LogP contribution in [0.15, 0.2) is 54.6 Å². The molecule has 3 heteroatoms. The molecule has 2 aliphatic rings. The van der Waals surface area contributed by atoms with E-state index in [9.17, 15) is 4.79 Å². The first-order chi connectivity index (χ1) is 12.8. The normalized spacial score (nSPS) is 23.2. The van der Waals surface area contributed by atoms with Crippen molar-refractivity contribution >= 4 is 11.6 Å². The second kappa shape index (κ2) is 8.05. The summed E-state index contributed by atoms with van der Waals surface area (Å²) < 4.78 is 0. The molecule has 2 aromatic carbocycles. The highest BCUT2D eigenvalue weighted by atomic mass is 16.2. The van der Waals surface area contributed by atoms with Gasteiger partial charge in [0.05, 0.1) is 6.54 Å². The Hall–Kier alpha value is -2.13. The van der Waals surface area contributed by atoms with E-state index in [0.29, 0.717) is 12.6 Å². The van der Waals surface area contributed by atoms with Gasteiger partial charge in [0, 0.05) is 17.3 Å². The highest BCUT2D eigenvalue weighted by Gasteiger charge is 2.33. The SMILES string of the molecule is O=C(CN1CCC[C@@H]2CCCC[C@@H]21)Nc1ccccc1-c1ccccc1. The van der Waals surface area contributed by atoms with Crippen molar-refractivity contribution < 1.29 is 4.79 Å². The summed E-state index contributed by atoms with van der Waals surface area (Å²) in [6, 6.07) is 19.0. The van der Waals surface area contributed by atoms with Crippen molar-refractivity contribution in [2.45, 2.75) is 44.6 Å². The average Bonchev–Trinajstić information content (AvgIpc) is 2.69. The lowest BCUT2D eigenvalue weighted by atomic mass is 9.78. The number of hydrogen-bond acceptors (Lipinski definition) is 2. The molecule has 0 radical (unpaired) electrons. The quantitative estimate of drug-likeness (QED) is 0.848. The van der Waals surface area contributed by atoms with Crippen molar-refractivity contribution in [3.05, 3.63) is 54.6 Å². The molecule has 0 aromatic heterocycles. The van der Waals surface area contributed by atoms with E-state index >= 15 is 0 Å². The number of rotatable bonds is 4. The largest absolute Gasteiger partial charge is 0.324 e. The maximum Gasteiger partial charge on any atom is 0.238 e. The topological polar surface area (TPSA) is 32.3 Å². The summed E-state index contributed by atoms with van der Waals surface area (Å²) in [6.07, 6.45) is 7.87. The first kappa shape index (κ1) is 17.3.